The molecule has 0 aliphatic heterocycles. The summed E-state index contributed by atoms with van der Waals surface area (Å²) < 4.78 is 0. The second kappa shape index (κ2) is 7.90. The fourth-order valence-corrected chi connectivity index (χ4v) is 2.18. The Bertz CT molecular complexity index is 407. The van der Waals surface area contributed by atoms with Crippen LogP contribution in [0, 0.1) is 0 Å². The third-order valence-corrected chi connectivity index (χ3v) is 3.68. The molecule has 4 nitrogen and oxygen atoms in total. The summed E-state index contributed by atoms with van der Waals surface area (Å²) in [5.41, 5.74) is 6.11. The lowest BCUT2D eigenvalue weighted by Crippen LogP contribution is -2.53. The number of primary amides is 1. The SMILES string of the molecule is CCCNC(C)(CCCN(C)c1ccccc1)C(N)=O. The van der Waals surface area contributed by atoms with Crippen molar-refractivity contribution in [2.45, 2.75) is 38.6 Å². The number of hydrogen-bond donors (Lipinski definition) is 2. The smallest absolute Gasteiger partial charge is 0.237 e. The van der Waals surface area contributed by atoms with E-state index in [1.807, 2.05) is 25.1 Å². The second-order valence-corrected chi connectivity index (χ2v) is 5.48. The van der Waals surface area contributed by atoms with Crippen LogP contribution in [0.1, 0.15) is 33.1 Å². The number of hydrogen-bond acceptors (Lipinski definition) is 3. The Morgan fingerprint density at radius 1 is 1.35 bits per heavy atom. The number of nitrogens with two attached hydrogens (primary N) is 1. The molecule has 0 radical (unpaired) electrons. The van der Waals surface area contributed by atoms with Gasteiger partial charge in [-0.3, -0.25) is 4.79 Å². The molecule has 1 rings (SSSR count). The Balaban J connectivity index is 2.46. The summed E-state index contributed by atoms with van der Waals surface area (Å²) in [7, 11) is 2.07. The van der Waals surface area contributed by atoms with Gasteiger partial charge in [-0.2, -0.15) is 0 Å². The lowest BCUT2D eigenvalue weighted by Gasteiger charge is -2.29. The first-order chi connectivity index (χ1) is 9.49. The summed E-state index contributed by atoms with van der Waals surface area (Å²) in [5, 5.41) is 3.27. The number of carbonyl (C=O) groups is 1. The van der Waals surface area contributed by atoms with Crippen LogP contribution < -0.4 is 16.0 Å². The van der Waals surface area contributed by atoms with Gasteiger partial charge in [-0.05, 0) is 44.9 Å². The first kappa shape index (κ1) is 16.5. The fourth-order valence-electron chi connectivity index (χ4n) is 2.18. The van der Waals surface area contributed by atoms with Gasteiger partial charge in [0.15, 0.2) is 0 Å². The Morgan fingerprint density at radius 3 is 2.55 bits per heavy atom. The molecule has 0 saturated carbocycles. The molecule has 112 valence electrons. The molecule has 4 heteroatoms. The van der Waals surface area contributed by atoms with Gasteiger partial charge < -0.3 is 16.0 Å². The molecule has 1 atom stereocenters. The van der Waals surface area contributed by atoms with Crippen LogP contribution in [0.25, 0.3) is 0 Å². The van der Waals surface area contributed by atoms with Crippen molar-refractivity contribution < 1.29 is 4.79 Å². The van der Waals surface area contributed by atoms with E-state index in [9.17, 15) is 4.79 Å². The highest BCUT2D eigenvalue weighted by Gasteiger charge is 2.29. The predicted molar refractivity (Wildman–Crippen MR) is 84.8 cm³/mol. The second-order valence-electron chi connectivity index (χ2n) is 5.48. The molecule has 0 spiro atoms. The van der Waals surface area contributed by atoms with Gasteiger partial charge in [0.05, 0.1) is 5.54 Å². The molecule has 1 aromatic rings. The van der Waals surface area contributed by atoms with Crippen LogP contribution in [-0.4, -0.2) is 31.6 Å². The van der Waals surface area contributed by atoms with E-state index in [1.54, 1.807) is 0 Å². The number of nitrogens with zero attached hydrogens (tertiary/aromatic N) is 1. The zero-order valence-electron chi connectivity index (χ0n) is 12.9. The van der Waals surface area contributed by atoms with Gasteiger partial charge in [0.1, 0.15) is 0 Å². The van der Waals surface area contributed by atoms with Crippen LogP contribution >= 0.6 is 0 Å². The number of anilines is 1. The van der Waals surface area contributed by atoms with Crippen molar-refractivity contribution in [2.75, 3.05) is 25.0 Å². The first-order valence-electron chi connectivity index (χ1n) is 7.30. The maximum Gasteiger partial charge on any atom is 0.237 e. The summed E-state index contributed by atoms with van der Waals surface area (Å²) in [6, 6.07) is 10.2. The highest BCUT2D eigenvalue weighted by molar-refractivity contribution is 5.84. The monoisotopic (exact) mass is 277 g/mol. The molecule has 3 N–H and O–H groups in total. The van der Waals surface area contributed by atoms with E-state index in [1.165, 1.54) is 5.69 Å². The van der Waals surface area contributed by atoms with Crippen LogP contribution in [-0.2, 0) is 4.79 Å². The zero-order valence-corrected chi connectivity index (χ0v) is 12.9. The third kappa shape index (κ3) is 4.85. The van der Waals surface area contributed by atoms with Crippen molar-refractivity contribution in [2.24, 2.45) is 5.73 Å². The minimum absolute atomic E-state index is 0.270. The summed E-state index contributed by atoms with van der Waals surface area (Å²) in [6.07, 6.45) is 2.66. The largest absolute Gasteiger partial charge is 0.375 e. The van der Waals surface area contributed by atoms with E-state index in [0.717, 1.165) is 32.4 Å². The Hall–Kier alpha value is -1.55. The minimum atomic E-state index is -0.604. The zero-order chi connectivity index (χ0) is 15.0. The van der Waals surface area contributed by atoms with Crippen molar-refractivity contribution in [3.05, 3.63) is 30.3 Å². The van der Waals surface area contributed by atoms with E-state index >= 15 is 0 Å². The summed E-state index contributed by atoms with van der Waals surface area (Å²) >= 11 is 0. The number of amides is 1. The van der Waals surface area contributed by atoms with Crippen LogP contribution in [0.2, 0.25) is 0 Å². The average molecular weight is 277 g/mol. The summed E-state index contributed by atoms with van der Waals surface area (Å²) in [5.74, 6) is -0.270. The first-order valence-corrected chi connectivity index (χ1v) is 7.30. The lowest BCUT2D eigenvalue weighted by atomic mass is 9.94. The number of para-hydroxylation sites is 1. The normalized spacial score (nSPS) is 13.8. The topological polar surface area (TPSA) is 58.4 Å². The van der Waals surface area contributed by atoms with E-state index in [2.05, 4.69) is 36.3 Å². The van der Waals surface area contributed by atoms with Gasteiger partial charge in [0, 0.05) is 19.3 Å². The molecule has 0 fully saturated rings. The van der Waals surface area contributed by atoms with Crippen molar-refractivity contribution in [3.8, 4) is 0 Å². The van der Waals surface area contributed by atoms with Crippen LogP contribution in [0.4, 0.5) is 5.69 Å². The molecular weight excluding hydrogens is 250 g/mol. The van der Waals surface area contributed by atoms with Gasteiger partial charge in [-0.1, -0.05) is 25.1 Å². The van der Waals surface area contributed by atoms with Gasteiger partial charge >= 0.3 is 0 Å². The molecule has 0 aliphatic rings. The highest BCUT2D eigenvalue weighted by Crippen LogP contribution is 2.15. The Labute approximate surface area is 122 Å². The number of rotatable bonds is 9. The van der Waals surface area contributed by atoms with Gasteiger partial charge in [-0.25, -0.2) is 0 Å². The highest BCUT2D eigenvalue weighted by atomic mass is 16.1. The Morgan fingerprint density at radius 2 is 2.00 bits per heavy atom. The molecular formula is C16H27N3O. The number of nitrogens with one attached hydrogen (secondary N) is 1. The number of benzene rings is 1. The summed E-state index contributed by atoms with van der Waals surface area (Å²) in [6.45, 7) is 5.69. The van der Waals surface area contributed by atoms with E-state index in [-0.39, 0.29) is 5.91 Å². The molecule has 0 aromatic heterocycles. The van der Waals surface area contributed by atoms with Crippen LogP contribution in [0.3, 0.4) is 0 Å². The molecule has 1 aromatic carbocycles. The van der Waals surface area contributed by atoms with E-state index < -0.39 is 5.54 Å². The van der Waals surface area contributed by atoms with Gasteiger partial charge in [0.2, 0.25) is 5.91 Å². The maximum atomic E-state index is 11.6. The summed E-state index contributed by atoms with van der Waals surface area (Å²) in [4.78, 5) is 13.8. The minimum Gasteiger partial charge on any atom is -0.375 e. The van der Waals surface area contributed by atoms with E-state index in [4.69, 9.17) is 5.73 Å². The van der Waals surface area contributed by atoms with Crippen LogP contribution in [0.15, 0.2) is 30.3 Å². The molecule has 0 heterocycles. The third-order valence-electron chi connectivity index (χ3n) is 3.68. The van der Waals surface area contributed by atoms with Crippen molar-refractivity contribution in [1.29, 1.82) is 0 Å². The van der Waals surface area contributed by atoms with Crippen LogP contribution in [0.5, 0.6) is 0 Å². The van der Waals surface area contributed by atoms with Gasteiger partial charge in [0.25, 0.3) is 0 Å². The molecule has 1 unspecified atom stereocenters. The number of carbonyl (C=O) groups excluding carboxylic acids is 1. The average Bonchev–Trinajstić information content (AvgIpc) is 2.45. The fraction of sp³-hybridized carbons (Fsp3) is 0.562. The van der Waals surface area contributed by atoms with Crippen molar-refractivity contribution >= 4 is 11.6 Å². The maximum absolute atomic E-state index is 11.6. The molecule has 0 bridgehead atoms. The Kier molecular flexibility index (Phi) is 6.52. The van der Waals surface area contributed by atoms with Crippen molar-refractivity contribution in [3.63, 3.8) is 0 Å². The predicted octanol–water partition coefficient (Wildman–Crippen LogP) is 2.15. The standard InChI is InChI=1S/C16H27N3O/c1-4-12-18-16(2,15(17)20)11-8-13-19(3)14-9-6-5-7-10-14/h5-7,9-10,18H,4,8,11-13H2,1-3H3,(H2,17,20). The molecule has 0 saturated heterocycles. The van der Waals surface area contributed by atoms with Crippen molar-refractivity contribution in [1.82, 2.24) is 5.32 Å². The van der Waals surface area contributed by atoms with E-state index in [0.29, 0.717) is 0 Å². The quantitative estimate of drug-likeness (QED) is 0.727. The van der Waals surface area contributed by atoms with Gasteiger partial charge in [-0.15, -0.1) is 0 Å². The molecule has 20 heavy (non-hydrogen) atoms. The lowest BCUT2D eigenvalue weighted by molar-refractivity contribution is -0.124. The molecule has 0 aliphatic carbocycles. The molecule has 1 amide bonds.